The van der Waals surface area contributed by atoms with E-state index in [4.69, 9.17) is 4.98 Å². The fourth-order valence-corrected chi connectivity index (χ4v) is 3.42. The first kappa shape index (κ1) is 20.9. The highest BCUT2D eigenvalue weighted by atomic mass is 15.0. The molecule has 1 aromatic carbocycles. The van der Waals surface area contributed by atoms with Gasteiger partial charge < -0.3 is 0 Å². The molecule has 0 fully saturated rings. The highest BCUT2D eigenvalue weighted by molar-refractivity contribution is 5.75. The smallest absolute Gasteiger partial charge is 0.140 e. The summed E-state index contributed by atoms with van der Waals surface area (Å²) >= 11 is 0. The molecule has 0 N–H and O–H groups in total. The second kappa shape index (κ2) is 10.1. The number of imidazole rings is 1. The average molecular weight is 385 g/mol. The summed E-state index contributed by atoms with van der Waals surface area (Å²) in [5.74, 6) is 0. The van der Waals surface area contributed by atoms with Crippen LogP contribution in [0.4, 0.5) is 0 Å². The Kier molecular flexibility index (Phi) is 7.24. The molecule has 0 saturated carbocycles. The van der Waals surface area contributed by atoms with E-state index in [1.165, 1.54) is 40.7 Å². The normalized spacial score (nSPS) is 13.6. The molecule has 0 aliphatic heterocycles. The number of allylic oxidation sites excluding steroid dienone is 5. The number of unbranched alkanes of at least 4 members (excludes halogenated alkanes) is 1. The minimum Gasteiger partial charge on any atom is -0.299 e. The van der Waals surface area contributed by atoms with Gasteiger partial charge in [0.25, 0.3) is 0 Å². The Morgan fingerprint density at radius 1 is 1.07 bits per heavy atom. The topological polar surface area (TPSA) is 17.3 Å². The molecule has 0 saturated heterocycles. The monoisotopic (exact) mass is 384 g/mol. The van der Waals surface area contributed by atoms with E-state index < -0.39 is 0 Å². The molecule has 2 aromatic heterocycles. The van der Waals surface area contributed by atoms with Crippen LogP contribution in [0.15, 0.2) is 79.2 Å². The molecule has 0 unspecified atom stereocenters. The van der Waals surface area contributed by atoms with Crippen LogP contribution >= 0.6 is 0 Å². The van der Waals surface area contributed by atoms with Crippen LogP contribution in [0.2, 0.25) is 0 Å². The van der Waals surface area contributed by atoms with E-state index in [-0.39, 0.29) is 0 Å². The van der Waals surface area contributed by atoms with Gasteiger partial charge in [0.05, 0.1) is 11.9 Å². The number of fused-ring (bicyclic) bond motifs is 1. The number of benzene rings is 1. The van der Waals surface area contributed by atoms with Gasteiger partial charge in [0, 0.05) is 12.6 Å². The van der Waals surface area contributed by atoms with Crippen LogP contribution in [0.25, 0.3) is 11.2 Å². The highest BCUT2D eigenvalue weighted by Crippen LogP contribution is 2.25. The van der Waals surface area contributed by atoms with Crippen LogP contribution in [0.3, 0.4) is 0 Å². The Labute approximate surface area is 175 Å². The van der Waals surface area contributed by atoms with Crippen molar-refractivity contribution >= 4 is 11.2 Å². The molecule has 0 amide bonds. The molecule has 0 radical (unpaired) electrons. The molecule has 29 heavy (non-hydrogen) atoms. The molecule has 0 spiro atoms. The number of aromatic nitrogens is 2. The van der Waals surface area contributed by atoms with Gasteiger partial charge in [-0.05, 0) is 42.5 Å². The molecule has 2 heterocycles. The largest absolute Gasteiger partial charge is 0.299 e. The Bertz CT molecular complexity index is 1030. The molecule has 0 atom stereocenters. The maximum absolute atomic E-state index is 4.73. The average Bonchev–Trinajstić information content (AvgIpc) is 3.04. The molecule has 2 heteroatoms. The number of rotatable bonds is 4. The van der Waals surface area contributed by atoms with Gasteiger partial charge in [-0.1, -0.05) is 93.0 Å². The van der Waals surface area contributed by atoms with Crippen molar-refractivity contribution in [1.29, 1.82) is 0 Å². The lowest BCUT2D eigenvalue weighted by Gasteiger charge is -2.07. The molecular formula is C27H32N2. The lowest BCUT2D eigenvalue weighted by molar-refractivity contribution is 0.886. The fourth-order valence-electron chi connectivity index (χ4n) is 3.42. The predicted molar refractivity (Wildman–Crippen MR) is 125 cm³/mol. The van der Waals surface area contributed by atoms with Gasteiger partial charge in [-0.15, -0.1) is 0 Å². The summed E-state index contributed by atoms with van der Waals surface area (Å²) in [5.41, 5.74) is 8.45. The zero-order chi connectivity index (χ0) is 20.6. The zero-order valence-corrected chi connectivity index (χ0v) is 18.0. The lowest BCUT2D eigenvalue weighted by Crippen LogP contribution is -1.96. The summed E-state index contributed by atoms with van der Waals surface area (Å²) < 4.78 is 2.20. The molecule has 0 bridgehead atoms. The summed E-state index contributed by atoms with van der Waals surface area (Å²) in [6.07, 6.45) is 16.2. The Morgan fingerprint density at radius 3 is 2.66 bits per heavy atom. The molecular weight excluding hydrogens is 352 g/mol. The van der Waals surface area contributed by atoms with E-state index >= 15 is 0 Å². The first-order valence-electron chi connectivity index (χ1n) is 10.7. The van der Waals surface area contributed by atoms with Crippen molar-refractivity contribution in [3.8, 4) is 0 Å². The minimum absolute atomic E-state index is 0.897. The number of aryl methyl sites for hydroxylation is 1. The van der Waals surface area contributed by atoms with E-state index in [2.05, 4.69) is 92.6 Å². The maximum Gasteiger partial charge on any atom is 0.140 e. The quantitative estimate of drug-likeness (QED) is 0.460. The summed E-state index contributed by atoms with van der Waals surface area (Å²) in [6.45, 7) is 10.6. The third-order valence-corrected chi connectivity index (χ3v) is 5.22. The van der Waals surface area contributed by atoms with Gasteiger partial charge >= 0.3 is 0 Å². The van der Waals surface area contributed by atoms with Crippen LogP contribution < -0.4 is 0 Å². The van der Waals surface area contributed by atoms with Gasteiger partial charge in [-0.3, -0.25) is 4.40 Å². The van der Waals surface area contributed by atoms with Crippen molar-refractivity contribution in [1.82, 2.24) is 9.38 Å². The highest BCUT2D eigenvalue weighted by Gasteiger charge is 2.11. The van der Waals surface area contributed by atoms with Crippen molar-refractivity contribution in [2.75, 3.05) is 0 Å². The van der Waals surface area contributed by atoms with Crippen molar-refractivity contribution in [2.24, 2.45) is 0 Å². The maximum atomic E-state index is 4.73. The summed E-state index contributed by atoms with van der Waals surface area (Å²) in [6, 6.07) is 13.0. The molecule has 1 aliphatic carbocycles. The van der Waals surface area contributed by atoms with E-state index in [1.54, 1.807) is 0 Å². The number of nitrogens with zero attached hydrogens (tertiary/aromatic N) is 2. The van der Waals surface area contributed by atoms with Crippen LogP contribution in [0.5, 0.6) is 0 Å². The first-order chi connectivity index (χ1) is 14.1. The summed E-state index contributed by atoms with van der Waals surface area (Å²) in [4.78, 5) is 4.73. The second-order valence-electron chi connectivity index (χ2n) is 7.73. The van der Waals surface area contributed by atoms with E-state index in [0.717, 1.165) is 30.6 Å². The third kappa shape index (κ3) is 5.35. The Hall–Kier alpha value is -2.87. The molecule has 150 valence electrons. The standard InChI is InChI=1S/C23H22N2.C4H10/c1-17-6-4-9-20(12-11-17)22-16-24-23-21(10-5-13-25(22)23)15-19-8-3-7-18(2)14-19;1-3-4-2/h3,5,7-14,16H,1,4,6,15H2,2H3;3-4H2,1-2H3. The van der Waals surface area contributed by atoms with Crippen LogP contribution in [0, 0.1) is 6.92 Å². The minimum atomic E-state index is 0.897. The van der Waals surface area contributed by atoms with Gasteiger partial charge in [-0.2, -0.15) is 0 Å². The third-order valence-electron chi connectivity index (χ3n) is 5.22. The number of hydrogen-bond acceptors (Lipinski definition) is 1. The van der Waals surface area contributed by atoms with Crippen molar-refractivity contribution in [3.05, 3.63) is 102 Å². The van der Waals surface area contributed by atoms with Crippen molar-refractivity contribution in [3.63, 3.8) is 0 Å². The zero-order valence-electron chi connectivity index (χ0n) is 18.0. The molecule has 3 aromatic rings. The number of hydrogen-bond donors (Lipinski definition) is 0. The van der Waals surface area contributed by atoms with E-state index in [1.807, 2.05) is 6.20 Å². The summed E-state index contributed by atoms with van der Waals surface area (Å²) in [5, 5.41) is 0. The van der Waals surface area contributed by atoms with Gasteiger partial charge in [0.1, 0.15) is 5.65 Å². The predicted octanol–water partition coefficient (Wildman–Crippen LogP) is 7.33. The molecule has 1 aliphatic rings. The van der Waals surface area contributed by atoms with Gasteiger partial charge in [0.15, 0.2) is 0 Å². The van der Waals surface area contributed by atoms with Crippen molar-refractivity contribution < 1.29 is 0 Å². The van der Waals surface area contributed by atoms with Crippen LogP contribution in [-0.4, -0.2) is 9.38 Å². The molecule has 4 rings (SSSR count). The van der Waals surface area contributed by atoms with E-state index in [0.29, 0.717) is 0 Å². The SMILES string of the molecule is C=C1C=CC(c2cnc3c(Cc4cccc(C)c4)cccn23)=CCC1.CCCC. The van der Waals surface area contributed by atoms with E-state index in [9.17, 15) is 0 Å². The first-order valence-corrected chi connectivity index (χ1v) is 10.7. The van der Waals surface area contributed by atoms with Crippen LogP contribution in [0.1, 0.15) is 61.9 Å². The Balaban J connectivity index is 0.000000552. The van der Waals surface area contributed by atoms with Gasteiger partial charge in [-0.25, -0.2) is 4.98 Å². The van der Waals surface area contributed by atoms with Crippen molar-refractivity contribution in [2.45, 2.75) is 52.9 Å². The summed E-state index contributed by atoms with van der Waals surface area (Å²) in [7, 11) is 0. The van der Waals surface area contributed by atoms with Crippen LogP contribution in [-0.2, 0) is 6.42 Å². The second-order valence-corrected chi connectivity index (χ2v) is 7.73. The molecule has 2 nitrogen and oxygen atoms in total. The van der Waals surface area contributed by atoms with Gasteiger partial charge in [0.2, 0.25) is 0 Å². The lowest BCUT2D eigenvalue weighted by atomic mass is 10.0. The fraction of sp³-hybridized carbons (Fsp3) is 0.296. The number of pyridine rings is 1. The Morgan fingerprint density at radius 2 is 1.90 bits per heavy atom.